The van der Waals surface area contributed by atoms with Crippen LogP contribution in [0.5, 0.6) is 0 Å². The second-order valence-electron chi connectivity index (χ2n) is 4.83. The summed E-state index contributed by atoms with van der Waals surface area (Å²) in [5, 5.41) is 0. The zero-order chi connectivity index (χ0) is 13.0. The average Bonchev–Trinajstić information content (AvgIpc) is 2.42. The lowest BCUT2D eigenvalue weighted by Crippen LogP contribution is -2.50. The number of nitrogens with zero attached hydrogens (tertiary/aromatic N) is 3. The highest BCUT2D eigenvalue weighted by Gasteiger charge is 2.21. The van der Waals surface area contributed by atoms with Crippen LogP contribution in [0, 0.1) is 5.95 Å². The van der Waals surface area contributed by atoms with Gasteiger partial charge < -0.3 is 4.90 Å². The van der Waals surface area contributed by atoms with E-state index in [1.807, 2.05) is 6.07 Å². The second kappa shape index (κ2) is 6.14. The normalized spacial score (nSPS) is 17.4. The van der Waals surface area contributed by atoms with Crippen molar-refractivity contribution in [2.45, 2.75) is 32.7 Å². The summed E-state index contributed by atoms with van der Waals surface area (Å²) in [6.07, 6.45) is 4.06. The minimum Gasteiger partial charge on any atom is -0.368 e. The number of pyridine rings is 1. The Morgan fingerprint density at radius 1 is 1.17 bits per heavy atom. The van der Waals surface area contributed by atoms with E-state index >= 15 is 0 Å². The first-order valence-corrected chi connectivity index (χ1v) is 6.85. The topological polar surface area (TPSA) is 19.4 Å². The predicted molar refractivity (Wildman–Crippen MR) is 72.4 cm³/mol. The van der Waals surface area contributed by atoms with Crippen molar-refractivity contribution in [1.29, 1.82) is 0 Å². The van der Waals surface area contributed by atoms with E-state index in [0.29, 0.717) is 6.04 Å². The van der Waals surface area contributed by atoms with Crippen LogP contribution in [0.3, 0.4) is 0 Å². The molecule has 0 aromatic carbocycles. The number of halogens is 1. The van der Waals surface area contributed by atoms with Crippen LogP contribution in [-0.4, -0.2) is 42.1 Å². The lowest BCUT2D eigenvalue weighted by Gasteiger charge is -2.39. The fourth-order valence-electron chi connectivity index (χ4n) is 2.71. The van der Waals surface area contributed by atoms with Gasteiger partial charge in [0, 0.05) is 32.2 Å². The minimum absolute atomic E-state index is 0.408. The molecule has 0 amide bonds. The molecule has 3 nitrogen and oxygen atoms in total. The molecule has 0 spiro atoms. The van der Waals surface area contributed by atoms with E-state index in [-0.39, 0.29) is 0 Å². The molecular weight excluding hydrogens is 229 g/mol. The summed E-state index contributed by atoms with van der Waals surface area (Å²) >= 11 is 0. The maximum atomic E-state index is 12.8. The molecule has 1 aromatic rings. The standard InChI is InChI=1S/C14H22FN3/c1-3-12(4-2)17-7-9-18(10-8-17)13-5-6-14(15)16-11-13/h5-6,11-12H,3-4,7-10H2,1-2H3. The van der Waals surface area contributed by atoms with Crippen molar-refractivity contribution < 1.29 is 4.39 Å². The largest absolute Gasteiger partial charge is 0.368 e. The SMILES string of the molecule is CCC(CC)N1CCN(c2ccc(F)nc2)CC1. The Labute approximate surface area is 109 Å². The lowest BCUT2D eigenvalue weighted by atomic mass is 10.1. The summed E-state index contributed by atoms with van der Waals surface area (Å²) in [7, 11) is 0. The van der Waals surface area contributed by atoms with Gasteiger partial charge >= 0.3 is 0 Å². The Balaban J connectivity index is 1.92. The maximum absolute atomic E-state index is 12.8. The molecule has 0 radical (unpaired) electrons. The third-order valence-electron chi connectivity index (χ3n) is 3.85. The monoisotopic (exact) mass is 251 g/mol. The second-order valence-corrected chi connectivity index (χ2v) is 4.83. The first kappa shape index (κ1) is 13.3. The highest BCUT2D eigenvalue weighted by atomic mass is 19.1. The Morgan fingerprint density at radius 3 is 2.33 bits per heavy atom. The van der Waals surface area contributed by atoms with Gasteiger partial charge in [-0.15, -0.1) is 0 Å². The molecule has 1 aliphatic heterocycles. The van der Waals surface area contributed by atoms with E-state index in [1.54, 1.807) is 6.20 Å². The molecule has 4 heteroatoms. The van der Waals surface area contributed by atoms with Gasteiger partial charge in [-0.1, -0.05) is 13.8 Å². The molecule has 1 fully saturated rings. The van der Waals surface area contributed by atoms with Gasteiger partial charge in [0.15, 0.2) is 0 Å². The van der Waals surface area contributed by atoms with Gasteiger partial charge in [0.05, 0.1) is 11.9 Å². The van der Waals surface area contributed by atoms with E-state index < -0.39 is 5.95 Å². The fraction of sp³-hybridized carbons (Fsp3) is 0.643. The molecule has 0 saturated carbocycles. The first-order chi connectivity index (χ1) is 8.74. The number of piperazine rings is 1. The molecular formula is C14H22FN3. The molecule has 2 heterocycles. The summed E-state index contributed by atoms with van der Waals surface area (Å²) in [4.78, 5) is 8.56. The van der Waals surface area contributed by atoms with Crippen LogP contribution in [0.15, 0.2) is 18.3 Å². The molecule has 2 rings (SSSR count). The first-order valence-electron chi connectivity index (χ1n) is 6.85. The number of hydrogen-bond acceptors (Lipinski definition) is 3. The molecule has 0 aliphatic carbocycles. The third-order valence-corrected chi connectivity index (χ3v) is 3.85. The van der Waals surface area contributed by atoms with Crippen molar-refractivity contribution in [2.75, 3.05) is 31.1 Å². The van der Waals surface area contributed by atoms with Crippen LogP contribution in [0.2, 0.25) is 0 Å². The summed E-state index contributed by atoms with van der Waals surface area (Å²) < 4.78 is 12.8. The summed E-state index contributed by atoms with van der Waals surface area (Å²) in [5.41, 5.74) is 1.03. The molecule has 100 valence electrons. The molecule has 0 bridgehead atoms. The number of hydrogen-bond donors (Lipinski definition) is 0. The van der Waals surface area contributed by atoms with Gasteiger partial charge in [-0.3, -0.25) is 4.90 Å². The molecule has 1 saturated heterocycles. The Hall–Kier alpha value is -1.16. The fourth-order valence-corrected chi connectivity index (χ4v) is 2.71. The molecule has 0 atom stereocenters. The third kappa shape index (κ3) is 2.99. The van der Waals surface area contributed by atoms with Gasteiger partial charge in [0.2, 0.25) is 5.95 Å². The Bertz CT molecular complexity index is 354. The van der Waals surface area contributed by atoms with Crippen LogP contribution >= 0.6 is 0 Å². The molecule has 1 aromatic heterocycles. The van der Waals surface area contributed by atoms with Crippen molar-refractivity contribution in [2.24, 2.45) is 0 Å². The summed E-state index contributed by atoms with van der Waals surface area (Å²) in [5.74, 6) is -0.408. The number of anilines is 1. The summed E-state index contributed by atoms with van der Waals surface area (Å²) in [6.45, 7) is 8.69. The van der Waals surface area contributed by atoms with Gasteiger partial charge in [-0.05, 0) is 25.0 Å². The smallest absolute Gasteiger partial charge is 0.212 e. The highest BCUT2D eigenvalue weighted by Crippen LogP contribution is 2.18. The zero-order valence-electron chi connectivity index (χ0n) is 11.3. The van der Waals surface area contributed by atoms with Crippen LogP contribution in [-0.2, 0) is 0 Å². The number of rotatable bonds is 4. The molecule has 0 N–H and O–H groups in total. The van der Waals surface area contributed by atoms with Gasteiger partial charge in [0.25, 0.3) is 0 Å². The quantitative estimate of drug-likeness (QED) is 0.767. The molecule has 1 aliphatic rings. The maximum Gasteiger partial charge on any atom is 0.212 e. The van der Waals surface area contributed by atoms with Crippen LogP contribution in [0.25, 0.3) is 0 Å². The lowest BCUT2D eigenvalue weighted by molar-refractivity contribution is 0.175. The van der Waals surface area contributed by atoms with Crippen LogP contribution < -0.4 is 4.90 Å². The van der Waals surface area contributed by atoms with E-state index in [4.69, 9.17) is 0 Å². The Kier molecular flexibility index (Phi) is 4.53. The van der Waals surface area contributed by atoms with Gasteiger partial charge in [0.1, 0.15) is 0 Å². The van der Waals surface area contributed by atoms with Crippen molar-refractivity contribution >= 4 is 5.69 Å². The van der Waals surface area contributed by atoms with Gasteiger partial charge in [-0.2, -0.15) is 4.39 Å². The highest BCUT2D eigenvalue weighted by molar-refractivity contribution is 5.44. The summed E-state index contributed by atoms with van der Waals surface area (Å²) in [6, 6.07) is 3.95. The van der Waals surface area contributed by atoms with Crippen molar-refractivity contribution in [3.63, 3.8) is 0 Å². The van der Waals surface area contributed by atoms with Crippen molar-refractivity contribution in [3.8, 4) is 0 Å². The number of aromatic nitrogens is 1. The molecule has 18 heavy (non-hydrogen) atoms. The van der Waals surface area contributed by atoms with E-state index in [0.717, 1.165) is 31.9 Å². The van der Waals surface area contributed by atoms with Gasteiger partial charge in [-0.25, -0.2) is 4.98 Å². The predicted octanol–water partition coefficient (Wildman–Crippen LogP) is 2.53. The van der Waals surface area contributed by atoms with Crippen LogP contribution in [0.4, 0.5) is 10.1 Å². The van der Waals surface area contributed by atoms with E-state index in [1.165, 1.54) is 18.9 Å². The average molecular weight is 251 g/mol. The minimum atomic E-state index is -0.408. The van der Waals surface area contributed by atoms with Crippen molar-refractivity contribution in [1.82, 2.24) is 9.88 Å². The van der Waals surface area contributed by atoms with Crippen LogP contribution in [0.1, 0.15) is 26.7 Å². The van der Waals surface area contributed by atoms with E-state index in [9.17, 15) is 4.39 Å². The van der Waals surface area contributed by atoms with Crippen molar-refractivity contribution in [3.05, 3.63) is 24.3 Å². The Morgan fingerprint density at radius 2 is 1.83 bits per heavy atom. The zero-order valence-corrected chi connectivity index (χ0v) is 11.3. The van der Waals surface area contributed by atoms with E-state index in [2.05, 4.69) is 28.6 Å². The molecule has 0 unspecified atom stereocenters.